The van der Waals surface area contributed by atoms with Gasteiger partial charge in [-0.3, -0.25) is 14.2 Å². The van der Waals surface area contributed by atoms with Crippen molar-refractivity contribution < 1.29 is 4.79 Å². The molecule has 1 aromatic carbocycles. The Kier molecular flexibility index (Phi) is 7.44. The molecule has 192 valence electrons. The molecule has 3 heterocycles. The summed E-state index contributed by atoms with van der Waals surface area (Å²) >= 11 is 0. The summed E-state index contributed by atoms with van der Waals surface area (Å²) in [4.78, 5) is 21.9. The SMILES string of the molecule is CC(C)CNC(=O)C1CCCC(n2cc(-c3cnc(-c4cccc(-c5cnn(C)c5)c4)nc3)cn2)CC1. The third-order valence-electron chi connectivity index (χ3n) is 7.11. The molecule has 1 saturated carbocycles. The van der Waals surface area contributed by atoms with Crippen molar-refractivity contribution in [2.75, 3.05) is 6.54 Å². The van der Waals surface area contributed by atoms with E-state index >= 15 is 0 Å². The summed E-state index contributed by atoms with van der Waals surface area (Å²) in [6.07, 6.45) is 16.5. The van der Waals surface area contributed by atoms with Crippen molar-refractivity contribution >= 4 is 5.91 Å². The minimum absolute atomic E-state index is 0.108. The Labute approximate surface area is 218 Å². The molecular weight excluding hydrogens is 462 g/mol. The number of aromatic nitrogens is 6. The molecule has 0 radical (unpaired) electrons. The highest BCUT2D eigenvalue weighted by Gasteiger charge is 2.25. The molecule has 5 rings (SSSR count). The van der Waals surface area contributed by atoms with Crippen LogP contribution in [-0.4, -0.2) is 42.0 Å². The standard InChI is InChI=1S/C29H35N7O/c1-20(2)13-32-29(37)21-6-5-9-27(11-10-21)36-19-26(17-34-36)24-14-30-28(31-15-24)23-8-4-7-22(12-23)25-16-33-35(3)18-25/h4,7-8,12,14-21,27H,5-6,9-11,13H2,1-3H3,(H,32,37). The van der Waals surface area contributed by atoms with Gasteiger partial charge in [-0.25, -0.2) is 9.97 Å². The maximum atomic E-state index is 12.6. The lowest BCUT2D eigenvalue weighted by Crippen LogP contribution is -2.33. The second-order valence-corrected chi connectivity index (χ2v) is 10.5. The van der Waals surface area contributed by atoms with E-state index < -0.39 is 0 Å². The van der Waals surface area contributed by atoms with Gasteiger partial charge in [0.15, 0.2) is 5.82 Å². The molecule has 0 aliphatic heterocycles. The number of benzene rings is 1. The average Bonchev–Trinajstić information content (AvgIpc) is 3.51. The fraction of sp³-hybridized carbons (Fsp3) is 0.414. The Morgan fingerprint density at radius 2 is 1.68 bits per heavy atom. The maximum absolute atomic E-state index is 12.6. The number of nitrogens with one attached hydrogen (secondary N) is 1. The van der Waals surface area contributed by atoms with Gasteiger partial charge >= 0.3 is 0 Å². The van der Waals surface area contributed by atoms with Crippen LogP contribution in [0.3, 0.4) is 0 Å². The van der Waals surface area contributed by atoms with Gasteiger partial charge < -0.3 is 5.32 Å². The third-order valence-corrected chi connectivity index (χ3v) is 7.11. The first-order valence-electron chi connectivity index (χ1n) is 13.2. The van der Waals surface area contributed by atoms with Crippen LogP contribution < -0.4 is 5.32 Å². The van der Waals surface area contributed by atoms with E-state index in [-0.39, 0.29) is 11.8 Å². The quantitative estimate of drug-likeness (QED) is 0.350. The van der Waals surface area contributed by atoms with Crippen LogP contribution in [0.25, 0.3) is 33.6 Å². The number of hydrogen-bond acceptors (Lipinski definition) is 5. The van der Waals surface area contributed by atoms with Crippen molar-refractivity contribution in [2.24, 2.45) is 18.9 Å². The van der Waals surface area contributed by atoms with Gasteiger partial charge in [0.2, 0.25) is 5.91 Å². The summed E-state index contributed by atoms with van der Waals surface area (Å²) in [5.41, 5.74) is 5.06. The molecule has 4 aromatic rings. The smallest absolute Gasteiger partial charge is 0.223 e. The predicted molar refractivity (Wildman–Crippen MR) is 144 cm³/mol. The molecule has 37 heavy (non-hydrogen) atoms. The fourth-order valence-corrected chi connectivity index (χ4v) is 4.98. The Hall–Kier alpha value is -3.81. The van der Waals surface area contributed by atoms with Gasteiger partial charge in [0, 0.05) is 66.6 Å². The summed E-state index contributed by atoms with van der Waals surface area (Å²) in [6, 6.07) is 8.51. The molecule has 1 amide bonds. The molecule has 8 nitrogen and oxygen atoms in total. The molecule has 1 aliphatic rings. The topological polar surface area (TPSA) is 90.5 Å². The van der Waals surface area contributed by atoms with E-state index in [0.29, 0.717) is 17.8 Å². The minimum Gasteiger partial charge on any atom is -0.356 e. The van der Waals surface area contributed by atoms with Crippen LogP contribution in [0.15, 0.2) is 61.4 Å². The van der Waals surface area contributed by atoms with Crippen molar-refractivity contribution in [3.63, 3.8) is 0 Å². The zero-order chi connectivity index (χ0) is 25.8. The van der Waals surface area contributed by atoms with Gasteiger partial charge in [0.25, 0.3) is 0 Å². The monoisotopic (exact) mass is 497 g/mol. The van der Waals surface area contributed by atoms with Crippen LogP contribution >= 0.6 is 0 Å². The predicted octanol–water partition coefficient (Wildman–Crippen LogP) is 5.30. The maximum Gasteiger partial charge on any atom is 0.223 e. The number of hydrogen-bond donors (Lipinski definition) is 1. The van der Waals surface area contributed by atoms with Gasteiger partial charge in [-0.05, 0) is 43.2 Å². The second kappa shape index (κ2) is 11.1. The van der Waals surface area contributed by atoms with Crippen molar-refractivity contribution in [1.82, 2.24) is 34.8 Å². The number of carbonyl (C=O) groups excluding carboxylic acids is 1. The van der Waals surface area contributed by atoms with Gasteiger partial charge in [0.1, 0.15) is 0 Å². The lowest BCUT2D eigenvalue weighted by atomic mass is 9.99. The van der Waals surface area contributed by atoms with Crippen LogP contribution in [0.2, 0.25) is 0 Å². The fourth-order valence-electron chi connectivity index (χ4n) is 4.98. The van der Waals surface area contributed by atoms with Crippen LogP contribution in [0.5, 0.6) is 0 Å². The Bertz CT molecular complexity index is 1340. The van der Waals surface area contributed by atoms with Gasteiger partial charge in [0.05, 0.1) is 18.4 Å². The first kappa shape index (κ1) is 24.9. The largest absolute Gasteiger partial charge is 0.356 e. The van der Waals surface area contributed by atoms with Crippen molar-refractivity contribution in [2.45, 2.75) is 52.0 Å². The zero-order valence-electron chi connectivity index (χ0n) is 21.8. The molecule has 0 bridgehead atoms. The van der Waals surface area contributed by atoms with E-state index in [1.54, 1.807) is 4.68 Å². The number of carbonyl (C=O) groups is 1. The summed E-state index contributed by atoms with van der Waals surface area (Å²) in [6.45, 7) is 5.00. The second-order valence-electron chi connectivity index (χ2n) is 10.5. The lowest BCUT2D eigenvalue weighted by molar-refractivity contribution is -0.125. The highest BCUT2D eigenvalue weighted by atomic mass is 16.1. The van der Waals surface area contributed by atoms with Crippen LogP contribution in [0, 0.1) is 11.8 Å². The Morgan fingerprint density at radius 3 is 2.43 bits per heavy atom. The summed E-state index contributed by atoms with van der Waals surface area (Å²) in [7, 11) is 1.91. The van der Waals surface area contributed by atoms with E-state index in [1.165, 1.54) is 0 Å². The molecule has 8 heteroatoms. The summed E-state index contributed by atoms with van der Waals surface area (Å²) in [5, 5.41) is 12.0. The average molecular weight is 498 g/mol. The molecule has 3 aromatic heterocycles. The van der Waals surface area contributed by atoms with E-state index in [2.05, 4.69) is 62.3 Å². The molecule has 2 unspecified atom stereocenters. The van der Waals surface area contributed by atoms with E-state index in [9.17, 15) is 4.79 Å². The van der Waals surface area contributed by atoms with Crippen LogP contribution in [-0.2, 0) is 11.8 Å². The molecule has 0 spiro atoms. The molecule has 1 aliphatic carbocycles. The first-order chi connectivity index (χ1) is 18.0. The normalized spacial score (nSPS) is 18.1. The lowest BCUT2D eigenvalue weighted by Gasteiger charge is -2.16. The Balaban J connectivity index is 1.24. The van der Waals surface area contributed by atoms with E-state index in [1.807, 2.05) is 50.2 Å². The molecule has 0 saturated heterocycles. The van der Waals surface area contributed by atoms with Crippen molar-refractivity contribution in [3.05, 3.63) is 61.4 Å². The number of rotatable bonds is 7. The van der Waals surface area contributed by atoms with Gasteiger partial charge in [-0.1, -0.05) is 38.5 Å². The number of aryl methyl sites for hydroxylation is 1. The highest BCUT2D eigenvalue weighted by Crippen LogP contribution is 2.32. The molecule has 2 atom stereocenters. The van der Waals surface area contributed by atoms with E-state index in [0.717, 1.165) is 66.5 Å². The van der Waals surface area contributed by atoms with Gasteiger partial charge in [-0.15, -0.1) is 0 Å². The van der Waals surface area contributed by atoms with Crippen molar-refractivity contribution in [3.8, 4) is 33.6 Å². The Morgan fingerprint density at radius 1 is 0.919 bits per heavy atom. The summed E-state index contributed by atoms with van der Waals surface area (Å²) in [5.74, 6) is 1.47. The van der Waals surface area contributed by atoms with Crippen LogP contribution in [0.4, 0.5) is 0 Å². The molecule has 1 fully saturated rings. The molecular formula is C29H35N7O. The third kappa shape index (κ3) is 5.96. The zero-order valence-corrected chi connectivity index (χ0v) is 21.8. The number of amides is 1. The minimum atomic E-state index is 0.108. The number of nitrogens with zero attached hydrogens (tertiary/aromatic N) is 6. The highest BCUT2D eigenvalue weighted by molar-refractivity contribution is 5.78. The first-order valence-corrected chi connectivity index (χ1v) is 13.2. The van der Waals surface area contributed by atoms with E-state index in [4.69, 9.17) is 0 Å². The summed E-state index contributed by atoms with van der Waals surface area (Å²) < 4.78 is 3.86. The van der Waals surface area contributed by atoms with Crippen LogP contribution in [0.1, 0.15) is 52.0 Å². The van der Waals surface area contributed by atoms with Crippen molar-refractivity contribution in [1.29, 1.82) is 0 Å². The van der Waals surface area contributed by atoms with Gasteiger partial charge in [-0.2, -0.15) is 10.2 Å². The molecule has 1 N–H and O–H groups in total.